The van der Waals surface area contributed by atoms with Crippen molar-refractivity contribution >= 4 is 11.6 Å². The number of aryl methyl sites for hydroxylation is 1. The Balaban J connectivity index is 1.69. The molecule has 0 aliphatic rings. The smallest absolute Gasteiger partial charge is 0.237 e. The third-order valence-corrected chi connectivity index (χ3v) is 6.66. The Morgan fingerprint density at radius 1 is 0.800 bits per heavy atom. The van der Waals surface area contributed by atoms with E-state index < -0.39 is 5.82 Å². The van der Waals surface area contributed by atoms with Gasteiger partial charge in [-0.3, -0.25) is 9.97 Å². The van der Waals surface area contributed by atoms with E-state index in [4.69, 9.17) is 31.3 Å². The second-order valence-corrected chi connectivity index (χ2v) is 9.22. The van der Waals surface area contributed by atoms with Crippen molar-refractivity contribution in [1.82, 2.24) is 25.3 Å². The van der Waals surface area contributed by atoms with Crippen molar-refractivity contribution < 1.29 is 24.1 Å². The van der Waals surface area contributed by atoms with Gasteiger partial charge in [0.25, 0.3) is 0 Å². The first-order valence-electron chi connectivity index (χ1n) is 12.8. The van der Waals surface area contributed by atoms with Gasteiger partial charge in [-0.2, -0.15) is 0 Å². The van der Waals surface area contributed by atoms with Crippen LogP contribution in [0.3, 0.4) is 0 Å². The van der Waals surface area contributed by atoms with Crippen molar-refractivity contribution in [2.75, 3.05) is 34.0 Å². The molecule has 0 saturated carbocycles. The highest BCUT2D eigenvalue weighted by Gasteiger charge is 2.20. The Kier molecular flexibility index (Phi) is 10.3. The maximum atomic E-state index is 16.0. The van der Waals surface area contributed by atoms with Crippen LogP contribution in [0.4, 0.5) is 4.39 Å². The lowest BCUT2D eigenvalue weighted by atomic mass is 9.98. The maximum absolute atomic E-state index is 16.0. The zero-order valence-electron chi connectivity index (χ0n) is 22.3. The predicted molar refractivity (Wildman–Crippen MR) is 151 cm³/mol. The van der Waals surface area contributed by atoms with Crippen molar-refractivity contribution in [2.24, 2.45) is 0 Å². The second-order valence-electron chi connectivity index (χ2n) is 8.84. The first-order chi connectivity index (χ1) is 19.5. The van der Waals surface area contributed by atoms with E-state index in [9.17, 15) is 0 Å². The number of methoxy groups -OCH3 is 2. The van der Waals surface area contributed by atoms with Gasteiger partial charge in [0.05, 0.1) is 49.6 Å². The summed E-state index contributed by atoms with van der Waals surface area (Å²) >= 11 is 6.84. The van der Waals surface area contributed by atoms with Crippen LogP contribution in [0.2, 0.25) is 5.02 Å². The summed E-state index contributed by atoms with van der Waals surface area (Å²) in [5.41, 5.74) is 3.64. The van der Waals surface area contributed by atoms with E-state index in [1.54, 1.807) is 42.6 Å². The molecule has 4 rings (SSSR count). The minimum Gasteiger partial charge on any atom is -0.480 e. The quantitative estimate of drug-likeness (QED) is 0.201. The third kappa shape index (κ3) is 6.53. The average molecular weight is 568 g/mol. The summed E-state index contributed by atoms with van der Waals surface area (Å²) in [6.45, 7) is 0.851. The lowest BCUT2D eigenvalue weighted by Gasteiger charge is -2.14. The molecule has 0 spiro atoms. The largest absolute Gasteiger partial charge is 0.480 e. The highest BCUT2D eigenvalue weighted by Crippen LogP contribution is 2.39. The van der Waals surface area contributed by atoms with E-state index in [1.807, 2.05) is 0 Å². The van der Waals surface area contributed by atoms with Gasteiger partial charge in [0, 0.05) is 42.0 Å². The number of aromatic nitrogens is 4. The zero-order chi connectivity index (χ0) is 28.5. The molecule has 11 heteroatoms. The molecule has 2 heterocycles. The first-order valence-corrected chi connectivity index (χ1v) is 13.2. The summed E-state index contributed by atoms with van der Waals surface area (Å²) in [6.07, 6.45) is 5.15. The van der Waals surface area contributed by atoms with Gasteiger partial charge in [0.15, 0.2) is 0 Å². The van der Waals surface area contributed by atoms with Crippen LogP contribution in [0.25, 0.3) is 33.6 Å². The number of rotatable bonds is 13. The SMILES string of the molecule is COc1nc(-c2cccc(-c3cccc(-c4cnc(CCCCO)c(OC)n4)c3Cl)c2F)cnc1CNCCO. The average Bonchev–Trinajstić information content (AvgIpc) is 2.98. The molecule has 0 atom stereocenters. The van der Waals surface area contributed by atoms with Crippen LogP contribution in [-0.4, -0.2) is 64.1 Å². The van der Waals surface area contributed by atoms with Crippen LogP contribution in [0, 0.1) is 5.82 Å². The number of unbranched alkanes of at least 4 members (excludes halogenated alkanes) is 1. The molecule has 0 saturated heterocycles. The molecule has 210 valence electrons. The topological polar surface area (TPSA) is 123 Å². The van der Waals surface area contributed by atoms with Crippen LogP contribution in [0.15, 0.2) is 48.8 Å². The molecule has 0 aliphatic carbocycles. The molecule has 4 aromatic rings. The van der Waals surface area contributed by atoms with Gasteiger partial charge in [0.2, 0.25) is 11.8 Å². The molecule has 2 aromatic carbocycles. The molecule has 0 unspecified atom stereocenters. The summed E-state index contributed by atoms with van der Waals surface area (Å²) in [7, 11) is 3.00. The van der Waals surface area contributed by atoms with E-state index >= 15 is 4.39 Å². The molecular weight excluding hydrogens is 537 g/mol. The molecule has 2 aromatic heterocycles. The minimum absolute atomic E-state index is 0.00750. The fourth-order valence-corrected chi connectivity index (χ4v) is 4.56. The van der Waals surface area contributed by atoms with Gasteiger partial charge in [0.1, 0.15) is 17.2 Å². The summed E-state index contributed by atoms with van der Waals surface area (Å²) in [5, 5.41) is 21.4. The maximum Gasteiger partial charge on any atom is 0.237 e. The summed E-state index contributed by atoms with van der Waals surface area (Å²) in [6, 6.07) is 10.3. The lowest BCUT2D eigenvalue weighted by molar-refractivity contribution is 0.284. The Bertz CT molecular complexity index is 1350. The number of hydrogen-bond acceptors (Lipinski definition) is 9. The standard InChI is InChI=1S/C29H31ClFN5O4/c1-39-28-22(11-3-4-13-37)33-16-23(35-28)20-9-5-7-18(26(20)30)19-8-6-10-21(27(19)31)24-17-34-25(15-32-12-14-38)29(36-24)40-2/h5-10,16-17,32,37-38H,3-4,11-15H2,1-2H3. The molecular formula is C29H31ClFN5O4. The van der Waals surface area contributed by atoms with Crippen LogP contribution < -0.4 is 14.8 Å². The highest BCUT2D eigenvalue weighted by molar-refractivity contribution is 6.36. The number of ether oxygens (including phenoxy) is 2. The normalized spacial score (nSPS) is 11.1. The van der Waals surface area contributed by atoms with Crippen LogP contribution in [-0.2, 0) is 13.0 Å². The van der Waals surface area contributed by atoms with E-state index in [0.29, 0.717) is 76.3 Å². The zero-order valence-corrected chi connectivity index (χ0v) is 23.1. The van der Waals surface area contributed by atoms with Crippen molar-refractivity contribution in [3.63, 3.8) is 0 Å². The van der Waals surface area contributed by atoms with Gasteiger partial charge in [-0.05, 0) is 25.3 Å². The predicted octanol–water partition coefficient (Wildman–Crippen LogP) is 4.47. The molecule has 0 bridgehead atoms. The van der Waals surface area contributed by atoms with Gasteiger partial charge in [-0.1, -0.05) is 41.9 Å². The van der Waals surface area contributed by atoms with Gasteiger partial charge >= 0.3 is 0 Å². The number of hydrogen-bond donors (Lipinski definition) is 3. The Morgan fingerprint density at radius 3 is 2.08 bits per heavy atom. The molecule has 9 nitrogen and oxygen atoms in total. The van der Waals surface area contributed by atoms with E-state index in [2.05, 4.69) is 25.3 Å². The number of nitrogens with one attached hydrogen (secondary N) is 1. The molecule has 40 heavy (non-hydrogen) atoms. The Morgan fingerprint density at radius 2 is 1.40 bits per heavy atom. The highest BCUT2D eigenvalue weighted by atomic mass is 35.5. The number of aliphatic hydroxyl groups is 2. The van der Waals surface area contributed by atoms with Crippen molar-refractivity contribution in [3.8, 4) is 45.4 Å². The van der Waals surface area contributed by atoms with E-state index in [0.717, 1.165) is 6.42 Å². The monoisotopic (exact) mass is 567 g/mol. The summed E-state index contributed by atoms with van der Waals surface area (Å²) < 4.78 is 26.8. The Hall–Kier alpha value is -3.70. The minimum atomic E-state index is -0.507. The summed E-state index contributed by atoms with van der Waals surface area (Å²) in [5.74, 6) is 0.139. The molecule has 0 amide bonds. The molecule has 3 N–H and O–H groups in total. The summed E-state index contributed by atoms with van der Waals surface area (Å²) in [4.78, 5) is 18.0. The van der Waals surface area contributed by atoms with Crippen LogP contribution >= 0.6 is 11.6 Å². The van der Waals surface area contributed by atoms with Crippen molar-refractivity contribution in [1.29, 1.82) is 0 Å². The lowest BCUT2D eigenvalue weighted by Crippen LogP contribution is -2.19. The molecule has 0 aliphatic heterocycles. The third-order valence-electron chi connectivity index (χ3n) is 6.25. The van der Waals surface area contributed by atoms with Crippen molar-refractivity contribution in [2.45, 2.75) is 25.8 Å². The van der Waals surface area contributed by atoms with E-state index in [1.165, 1.54) is 20.4 Å². The van der Waals surface area contributed by atoms with Crippen molar-refractivity contribution in [3.05, 3.63) is 71.0 Å². The van der Waals surface area contributed by atoms with Gasteiger partial charge in [-0.25, -0.2) is 14.4 Å². The first kappa shape index (κ1) is 29.3. The number of nitrogens with zero attached hydrogens (tertiary/aromatic N) is 4. The van der Waals surface area contributed by atoms with Gasteiger partial charge in [-0.15, -0.1) is 0 Å². The second kappa shape index (κ2) is 14.1. The molecule has 0 radical (unpaired) electrons. The van der Waals surface area contributed by atoms with E-state index in [-0.39, 0.29) is 24.7 Å². The number of benzene rings is 2. The van der Waals surface area contributed by atoms with Crippen LogP contribution in [0.1, 0.15) is 24.2 Å². The molecule has 0 fully saturated rings. The fraction of sp³-hybridized carbons (Fsp3) is 0.310. The van der Waals surface area contributed by atoms with Crippen LogP contribution in [0.5, 0.6) is 11.8 Å². The Labute approximate surface area is 237 Å². The fourth-order valence-electron chi connectivity index (χ4n) is 4.24. The number of halogens is 2. The van der Waals surface area contributed by atoms with Gasteiger partial charge < -0.3 is 25.0 Å². The number of aliphatic hydroxyl groups excluding tert-OH is 2.